The van der Waals surface area contributed by atoms with Crippen molar-refractivity contribution in [2.24, 2.45) is 0 Å². The molecule has 0 radical (unpaired) electrons. The van der Waals surface area contributed by atoms with Gasteiger partial charge in [-0.1, -0.05) is 18.2 Å². The fourth-order valence-corrected chi connectivity index (χ4v) is 2.83. The lowest BCUT2D eigenvalue weighted by Crippen LogP contribution is -1.97. The van der Waals surface area contributed by atoms with Crippen molar-refractivity contribution < 1.29 is 18.9 Å². The summed E-state index contributed by atoms with van der Waals surface area (Å²) < 4.78 is 21.5. The molecule has 0 atom stereocenters. The van der Waals surface area contributed by atoms with Gasteiger partial charge in [0, 0.05) is 0 Å². The molecule has 2 aromatic rings. The zero-order valence-corrected chi connectivity index (χ0v) is 14.9. The molecule has 4 heteroatoms. The van der Waals surface area contributed by atoms with Crippen LogP contribution in [0.4, 0.5) is 0 Å². The Bertz CT molecular complexity index is 652. The zero-order chi connectivity index (χ0) is 17.4. The minimum absolute atomic E-state index is 0.766. The Labute approximate surface area is 144 Å². The Kier molecular flexibility index (Phi) is 6.79. The van der Waals surface area contributed by atoms with Crippen LogP contribution in [-0.4, -0.2) is 28.4 Å². The number of benzene rings is 2. The normalized spacial score (nSPS) is 10.3. The summed E-state index contributed by atoms with van der Waals surface area (Å²) in [6.07, 6.45) is 4.15. The average Bonchev–Trinajstić information content (AvgIpc) is 2.64. The minimum atomic E-state index is 0.766. The van der Waals surface area contributed by atoms with E-state index in [-0.39, 0.29) is 0 Å². The quantitative estimate of drug-likeness (QED) is 0.643. The van der Waals surface area contributed by atoms with Gasteiger partial charge in [-0.05, 0) is 55.0 Å². The Morgan fingerprint density at radius 3 is 2.04 bits per heavy atom. The second kappa shape index (κ2) is 9.06. The van der Waals surface area contributed by atoms with Crippen molar-refractivity contribution in [1.82, 2.24) is 0 Å². The highest BCUT2D eigenvalue weighted by atomic mass is 16.5. The molecule has 0 fully saturated rings. The SMILES string of the molecule is COc1ccc(CCCCc2cccc(OC)c2OC)cc1OC. The van der Waals surface area contributed by atoms with Crippen LogP contribution in [-0.2, 0) is 12.8 Å². The van der Waals surface area contributed by atoms with Crippen LogP contribution >= 0.6 is 0 Å². The molecule has 0 saturated heterocycles. The van der Waals surface area contributed by atoms with Crippen LogP contribution in [0.15, 0.2) is 36.4 Å². The summed E-state index contributed by atoms with van der Waals surface area (Å²) in [6, 6.07) is 12.1. The van der Waals surface area contributed by atoms with E-state index in [2.05, 4.69) is 12.1 Å². The molecule has 0 heterocycles. The van der Waals surface area contributed by atoms with E-state index in [4.69, 9.17) is 18.9 Å². The molecule has 0 aliphatic carbocycles. The summed E-state index contributed by atoms with van der Waals surface area (Å²) in [6.45, 7) is 0. The molecule has 0 amide bonds. The molecule has 0 aliphatic heterocycles. The highest BCUT2D eigenvalue weighted by Crippen LogP contribution is 2.32. The third-order valence-corrected chi connectivity index (χ3v) is 4.09. The van der Waals surface area contributed by atoms with Gasteiger partial charge in [-0.15, -0.1) is 0 Å². The van der Waals surface area contributed by atoms with E-state index in [1.54, 1.807) is 28.4 Å². The predicted molar refractivity (Wildman–Crippen MR) is 95.7 cm³/mol. The van der Waals surface area contributed by atoms with Gasteiger partial charge in [0.25, 0.3) is 0 Å². The molecule has 0 N–H and O–H groups in total. The fraction of sp³-hybridized carbons (Fsp3) is 0.400. The van der Waals surface area contributed by atoms with Crippen molar-refractivity contribution in [2.75, 3.05) is 28.4 Å². The lowest BCUT2D eigenvalue weighted by atomic mass is 10.0. The van der Waals surface area contributed by atoms with Crippen molar-refractivity contribution in [1.29, 1.82) is 0 Å². The maximum absolute atomic E-state index is 5.48. The summed E-state index contributed by atoms with van der Waals surface area (Å²) in [5.41, 5.74) is 2.44. The van der Waals surface area contributed by atoms with Gasteiger partial charge >= 0.3 is 0 Å². The Morgan fingerprint density at radius 1 is 0.667 bits per heavy atom. The summed E-state index contributed by atoms with van der Waals surface area (Å²) in [4.78, 5) is 0. The molecule has 0 aromatic heterocycles. The van der Waals surface area contributed by atoms with Gasteiger partial charge in [-0.25, -0.2) is 0 Å². The van der Waals surface area contributed by atoms with E-state index in [0.717, 1.165) is 48.7 Å². The van der Waals surface area contributed by atoms with Gasteiger partial charge in [0.2, 0.25) is 0 Å². The molecular weight excluding hydrogens is 304 g/mol. The van der Waals surface area contributed by atoms with Crippen molar-refractivity contribution >= 4 is 0 Å². The number of ether oxygens (including phenoxy) is 4. The van der Waals surface area contributed by atoms with Crippen molar-refractivity contribution in [3.63, 3.8) is 0 Å². The topological polar surface area (TPSA) is 36.9 Å². The monoisotopic (exact) mass is 330 g/mol. The first-order valence-corrected chi connectivity index (χ1v) is 8.14. The van der Waals surface area contributed by atoms with Crippen LogP contribution in [0.25, 0.3) is 0 Å². The molecular formula is C20H26O4. The third-order valence-electron chi connectivity index (χ3n) is 4.09. The highest BCUT2D eigenvalue weighted by molar-refractivity contribution is 5.46. The molecule has 130 valence electrons. The summed E-state index contributed by atoms with van der Waals surface area (Å²) in [7, 11) is 6.67. The number of hydrogen-bond donors (Lipinski definition) is 0. The first-order chi connectivity index (χ1) is 11.7. The van der Waals surface area contributed by atoms with Gasteiger partial charge in [0.1, 0.15) is 0 Å². The number of rotatable bonds is 9. The van der Waals surface area contributed by atoms with Crippen molar-refractivity contribution in [3.8, 4) is 23.0 Å². The van der Waals surface area contributed by atoms with E-state index in [0.29, 0.717) is 0 Å². The largest absolute Gasteiger partial charge is 0.493 e. The van der Waals surface area contributed by atoms with Gasteiger partial charge in [-0.2, -0.15) is 0 Å². The molecule has 4 nitrogen and oxygen atoms in total. The lowest BCUT2D eigenvalue weighted by molar-refractivity contribution is 0.351. The smallest absolute Gasteiger partial charge is 0.163 e. The number of unbranched alkanes of at least 4 members (excludes halogenated alkanes) is 1. The van der Waals surface area contributed by atoms with E-state index in [1.165, 1.54) is 11.1 Å². The van der Waals surface area contributed by atoms with Crippen LogP contribution in [0.3, 0.4) is 0 Å². The molecule has 0 saturated carbocycles. The Morgan fingerprint density at radius 2 is 1.38 bits per heavy atom. The molecule has 2 aromatic carbocycles. The van der Waals surface area contributed by atoms with Crippen LogP contribution in [0.2, 0.25) is 0 Å². The van der Waals surface area contributed by atoms with Crippen LogP contribution in [0.1, 0.15) is 24.0 Å². The molecule has 0 spiro atoms. The van der Waals surface area contributed by atoms with Gasteiger partial charge in [0.05, 0.1) is 28.4 Å². The van der Waals surface area contributed by atoms with E-state index in [1.807, 2.05) is 24.3 Å². The average molecular weight is 330 g/mol. The Hall–Kier alpha value is -2.36. The standard InChI is InChI=1S/C20H26O4/c1-21-17-13-12-15(14-19(17)23-3)8-5-6-9-16-10-7-11-18(22-2)20(16)24-4/h7,10-14H,5-6,8-9H2,1-4H3. The number of hydrogen-bond acceptors (Lipinski definition) is 4. The summed E-state index contributed by atoms with van der Waals surface area (Å²) in [5, 5.41) is 0. The first-order valence-electron chi connectivity index (χ1n) is 8.14. The third kappa shape index (κ3) is 4.34. The number of para-hydroxylation sites is 1. The minimum Gasteiger partial charge on any atom is -0.493 e. The van der Waals surface area contributed by atoms with Crippen LogP contribution < -0.4 is 18.9 Å². The highest BCUT2D eigenvalue weighted by Gasteiger charge is 2.09. The second-order valence-electron chi connectivity index (χ2n) is 5.55. The van der Waals surface area contributed by atoms with Crippen LogP contribution in [0.5, 0.6) is 23.0 Å². The number of aryl methyl sites for hydroxylation is 2. The molecule has 0 bridgehead atoms. The molecule has 24 heavy (non-hydrogen) atoms. The van der Waals surface area contributed by atoms with Crippen LogP contribution in [0, 0.1) is 0 Å². The van der Waals surface area contributed by atoms with E-state index < -0.39 is 0 Å². The zero-order valence-electron chi connectivity index (χ0n) is 14.9. The lowest BCUT2D eigenvalue weighted by Gasteiger charge is -2.12. The Balaban J connectivity index is 1.92. The van der Waals surface area contributed by atoms with Crippen molar-refractivity contribution in [2.45, 2.75) is 25.7 Å². The van der Waals surface area contributed by atoms with Gasteiger partial charge in [0.15, 0.2) is 23.0 Å². The van der Waals surface area contributed by atoms with E-state index >= 15 is 0 Å². The predicted octanol–water partition coefficient (Wildman–Crippen LogP) is 4.29. The second-order valence-corrected chi connectivity index (χ2v) is 5.55. The van der Waals surface area contributed by atoms with Gasteiger partial charge < -0.3 is 18.9 Å². The summed E-state index contributed by atoms with van der Waals surface area (Å²) >= 11 is 0. The van der Waals surface area contributed by atoms with Crippen molar-refractivity contribution in [3.05, 3.63) is 47.5 Å². The molecule has 0 aliphatic rings. The molecule has 2 rings (SSSR count). The summed E-state index contributed by atoms with van der Waals surface area (Å²) in [5.74, 6) is 3.17. The maximum Gasteiger partial charge on any atom is 0.163 e. The van der Waals surface area contributed by atoms with E-state index in [9.17, 15) is 0 Å². The maximum atomic E-state index is 5.48. The van der Waals surface area contributed by atoms with Gasteiger partial charge in [-0.3, -0.25) is 0 Å². The fourth-order valence-electron chi connectivity index (χ4n) is 2.83. The molecule has 0 unspecified atom stereocenters. The number of methoxy groups -OCH3 is 4. The first kappa shape index (κ1) is 18.0.